The molecule has 1 saturated heterocycles. The van der Waals surface area contributed by atoms with Crippen LogP contribution in [0.25, 0.3) is 0 Å². The number of halogens is 1. The molecular formula is C20H23FN6O2. The van der Waals surface area contributed by atoms with Crippen LogP contribution in [0.5, 0.6) is 0 Å². The zero-order chi connectivity index (χ0) is 20.3. The Balaban J connectivity index is 1.33. The molecule has 1 aliphatic carbocycles. The number of aromatic nitrogens is 3. The highest BCUT2D eigenvalue weighted by molar-refractivity contribution is 5.92. The van der Waals surface area contributed by atoms with Crippen LogP contribution >= 0.6 is 0 Å². The van der Waals surface area contributed by atoms with Crippen LogP contribution in [0.1, 0.15) is 41.9 Å². The van der Waals surface area contributed by atoms with E-state index in [0.717, 1.165) is 19.3 Å². The van der Waals surface area contributed by atoms with E-state index in [9.17, 15) is 14.0 Å². The molecule has 2 aromatic heterocycles. The fourth-order valence-electron chi connectivity index (χ4n) is 3.82. The van der Waals surface area contributed by atoms with E-state index in [4.69, 9.17) is 0 Å². The molecular weight excluding hydrogens is 375 g/mol. The first kappa shape index (κ1) is 19.2. The number of hydrogen-bond donors (Lipinski definition) is 3. The highest BCUT2D eigenvalue weighted by atomic mass is 19.1. The van der Waals surface area contributed by atoms with Crippen molar-refractivity contribution in [3.63, 3.8) is 0 Å². The van der Waals surface area contributed by atoms with Gasteiger partial charge in [-0.25, -0.2) is 4.39 Å². The Morgan fingerprint density at radius 1 is 1.28 bits per heavy atom. The maximum atomic E-state index is 14.2. The molecule has 1 aliphatic heterocycles. The summed E-state index contributed by atoms with van der Waals surface area (Å²) in [6, 6.07) is 6.31. The first-order chi connectivity index (χ1) is 14.1. The Morgan fingerprint density at radius 2 is 2.14 bits per heavy atom. The minimum absolute atomic E-state index is 0.00860. The van der Waals surface area contributed by atoms with Crippen LogP contribution in [-0.2, 0) is 10.2 Å². The van der Waals surface area contributed by atoms with Gasteiger partial charge in [0.1, 0.15) is 11.6 Å². The number of anilines is 1. The lowest BCUT2D eigenvalue weighted by Crippen LogP contribution is -2.42. The van der Waals surface area contributed by atoms with Crippen LogP contribution < -0.4 is 16.0 Å². The van der Waals surface area contributed by atoms with Gasteiger partial charge in [-0.3, -0.25) is 14.6 Å². The average Bonchev–Trinajstić information content (AvgIpc) is 3.12. The fourth-order valence-corrected chi connectivity index (χ4v) is 3.82. The van der Waals surface area contributed by atoms with Gasteiger partial charge in [0.2, 0.25) is 5.91 Å². The van der Waals surface area contributed by atoms with Crippen molar-refractivity contribution in [2.24, 2.45) is 5.92 Å². The van der Waals surface area contributed by atoms with E-state index in [0.29, 0.717) is 37.6 Å². The van der Waals surface area contributed by atoms with Gasteiger partial charge in [0.15, 0.2) is 5.69 Å². The Labute approximate surface area is 167 Å². The van der Waals surface area contributed by atoms with Crippen molar-refractivity contribution in [2.45, 2.75) is 31.1 Å². The minimum Gasteiger partial charge on any atom is -0.368 e. The van der Waals surface area contributed by atoms with E-state index in [1.54, 1.807) is 24.4 Å². The monoisotopic (exact) mass is 398 g/mol. The zero-order valence-corrected chi connectivity index (χ0v) is 15.9. The predicted octanol–water partition coefficient (Wildman–Crippen LogP) is 1.41. The first-order valence-electron chi connectivity index (χ1n) is 9.79. The normalized spacial score (nSPS) is 19.9. The van der Waals surface area contributed by atoms with E-state index in [1.807, 2.05) is 0 Å². The third kappa shape index (κ3) is 4.18. The van der Waals surface area contributed by atoms with Crippen LogP contribution in [0.15, 0.2) is 30.5 Å². The second kappa shape index (κ2) is 8.10. The van der Waals surface area contributed by atoms with Gasteiger partial charge >= 0.3 is 0 Å². The van der Waals surface area contributed by atoms with Crippen molar-refractivity contribution in [2.75, 3.05) is 25.0 Å². The summed E-state index contributed by atoms with van der Waals surface area (Å²) in [5.74, 6) is 0.0238. The summed E-state index contributed by atoms with van der Waals surface area (Å²) in [4.78, 5) is 27.6. The average molecular weight is 398 g/mol. The van der Waals surface area contributed by atoms with E-state index in [1.165, 1.54) is 6.07 Å². The van der Waals surface area contributed by atoms with Crippen LogP contribution in [0.3, 0.4) is 0 Å². The molecule has 2 fully saturated rings. The summed E-state index contributed by atoms with van der Waals surface area (Å²) < 4.78 is 14.2. The van der Waals surface area contributed by atoms with Crippen molar-refractivity contribution in [1.82, 2.24) is 25.8 Å². The minimum atomic E-state index is -0.337. The molecule has 4 rings (SSSR count). The maximum Gasteiger partial charge on any atom is 0.271 e. The van der Waals surface area contributed by atoms with Gasteiger partial charge in [-0.05, 0) is 37.1 Å². The molecule has 3 N–H and O–H groups in total. The largest absolute Gasteiger partial charge is 0.368 e. The molecule has 1 atom stereocenters. The number of nitrogens with zero attached hydrogens (tertiary/aromatic N) is 3. The Morgan fingerprint density at radius 3 is 2.76 bits per heavy atom. The number of carbonyl (C=O) groups excluding carboxylic acids is 2. The summed E-state index contributed by atoms with van der Waals surface area (Å²) in [6.07, 6.45) is 4.79. The molecule has 1 unspecified atom stereocenters. The zero-order valence-electron chi connectivity index (χ0n) is 15.9. The van der Waals surface area contributed by atoms with E-state index in [-0.39, 0.29) is 34.7 Å². The summed E-state index contributed by atoms with van der Waals surface area (Å²) in [5, 5.41) is 16.8. The molecule has 0 radical (unpaired) electrons. The second-order valence-corrected chi connectivity index (χ2v) is 7.71. The molecule has 2 aliphatic rings. The maximum absolute atomic E-state index is 14.2. The van der Waals surface area contributed by atoms with Gasteiger partial charge in [-0.2, -0.15) is 0 Å². The van der Waals surface area contributed by atoms with Crippen LogP contribution in [0.4, 0.5) is 10.2 Å². The van der Waals surface area contributed by atoms with Crippen molar-refractivity contribution in [3.05, 3.63) is 47.7 Å². The highest BCUT2D eigenvalue weighted by Crippen LogP contribution is 2.43. The summed E-state index contributed by atoms with van der Waals surface area (Å²) in [7, 11) is 0. The van der Waals surface area contributed by atoms with Crippen molar-refractivity contribution in [3.8, 4) is 0 Å². The lowest BCUT2D eigenvalue weighted by molar-refractivity contribution is -0.119. The Hall–Kier alpha value is -3.10. The van der Waals surface area contributed by atoms with Gasteiger partial charge in [0, 0.05) is 43.6 Å². The second-order valence-electron chi connectivity index (χ2n) is 7.71. The molecule has 2 amide bonds. The fraction of sp³-hybridized carbons (Fsp3) is 0.450. The van der Waals surface area contributed by atoms with E-state index in [2.05, 4.69) is 31.1 Å². The van der Waals surface area contributed by atoms with Crippen molar-refractivity contribution < 1.29 is 14.0 Å². The molecule has 29 heavy (non-hydrogen) atoms. The predicted molar refractivity (Wildman–Crippen MR) is 104 cm³/mol. The SMILES string of the molecule is O=C1CC(CNC(=O)c2ccc(NCC3(c4ncccc4F)CCC3)nn2)CN1. The lowest BCUT2D eigenvalue weighted by atomic mass is 9.66. The molecule has 3 heterocycles. The number of amides is 2. The summed E-state index contributed by atoms with van der Waals surface area (Å²) in [5.41, 5.74) is 0.361. The molecule has 152 valence electrons. The number of pyridine rings is 1. The van der Waals surface area contributed by atoms with Gasteiger partial charge < -0.3 is 16.0 Å². The summed E-state index contributed by atoms with van der Waals surface area (Å²) >= 11 is 0. The molecule has 8 nitrogen and oxygen atoms in total. The smallest absolute Gasteiger partial charge is 0.271 e. The van der Waals surface area contributed by atoms with Crippen molar-refractivity contribution >= 4 is 17.6 Å². The van der Waals surface area contributed by atoms with Crippen LogP contribution in [0.2, 0.25) is 0 Å². The topological polar surface area (TPSA) is 109 Å². The standard InChI is InChI=1S/C20H23FN6O2/c21-14-3-1-8-22-18(14)20(6-2-7-20)12-25-16-5-4-15(26-27-16)19(29)24-11-13-9-17(28)23-10-13/h1,3-5,8,13H,2,6-7,9-12H2,(H,23,28)(H,24,29)(H,25,27). The van der Waals surface area contributed by atoms with Crippen LogP contribution in [-0.4, -0.2) is 46.6 Å². The molecule has 2 aromatic rings. The first-order valence-corrected chi connectivity index (χ1v) is 9.79. The molecule has 0 bridgehead atoms. The number of rotatable bonds is 7. The highest BCUT2D eigenvalue weighted by Gasteiger charge is 2.41. The molecule has 1 saturated carbocycles. The van der Waals surface area contributed by atoms with Gasteiger partial charge in [0.25, 0.3) is 5.91 Å². The number of carbonyl (C=O) groups is 2. The van der Waals surface area contributed by atoms with Gasteiger partial charge in [-0.15, -0.1) is 10.2 Å². The number of nitrogens with one attached hydrogen (secondary N) is 3. The van der Waals surface area contributed by atoms with Gasteiger partial charge in [-0.1, -0.05) is 6.42 Å². The van der Waals surface area contributed by atoms with E-state index < -0.39 is 0 Å². The molecule has 0 spiro atoms. The summed E-state index contributed by atoms with van der Waals surface area (Å²) in [6.45, 7) is 1.49. The molecule has 9 heteroatoms. The van der Waals surface area contributed by atoms with Crippen molar-refractivity contribution in [1.29, 1.82) is 0 Å². The Kier molecular flexibility index (Phi) is 5.37. The lowest BCUT2D eigenvalue weighted by Gasteiger charge is -2.41. The third-order valence-electron chi connectivity index (χ3n) is 5.69. The Bertz CT molecular complexity index is 900. The quantitative estimate of drug-likeness (QED) is 0.651. The van der Waals surface area contributed by atoms with Gasteiger partial charge in [0.05, 0.1) is 5.69 Å². The third-order valence-corrected chi connectivity index (χ3v) is 5.69. The van der Waals surface area contributed by atoms with E-state index >= 15 is 0 Å². The van der Waals surface area contributed by atoms with Crippen LogP contribution in [0, 0.1) is 11.7 Å². The molecule has 0 aromatic carbocycles. The number of hydrogen-bond acceptors (Lipinski definition) is 6.